The lowest BCUT2D eigenvalue weighted by Gasteiger charge is -2.08. The SMILES string of the molecule is COc1ccc(C=CC(=O)c2c(C)cc(C)cc2O)cc1OC. The van der Waals surface area contributed by atoms with Crippen molar-refractivity contribution in [1.29, 1.82) is 0 Å². The Bertz CT molecular complexity index is 737. The molecule has 2 aromatic carbocycles. The molecule has 0 aliphatic heterocycles. The lowest BCUT2D eigenvalue weighted by Crippen LogP contribution is -1.99. The molecule has 1 N–H and O–H groups in total. The number of benzene rings is 2. The van der Waals surface area contributed by atoms with Crippen LogP contribution >= 0.6 is 0 Å². The minimum absolute atomic E-state index is 0.00413. The summed E-state index contributed by atoms with van der Waals surface area (Å²) in [7, 11) is 3.13. The van der Waals surface area contributed by atoms with Crippen LogP contribution in [-0.4, -0.2) is 25.1 Å². The molecule has 0 heterocycles. The van der Waals surface area contributed by atoms with Crippen molar-refractivity contribution in [2.75, 3.05) is 14.2 Å². The first-order chi connectivity index (χ1) is 11.0. The third-order valence-electron chi connectivity index (χ3n) is 3.54. The van der Waals surface area contributed by atoms with Crippen LogP contribution in [0, 0.1) is 13.8 Å². The number of aromatic hydroxyl groups is 1. The van der Waals surface area contributed by atoms with Crippen LogP contribution in [0.1, 0.15) is 27.0 Å². The minimum atomic E-state index is -0.241. The van der Waals surface area contributed by atoms with E-state index in [0.717, 1.165) is 16.7 Å². The van der Waals surface area contributed by atoms with E-state index in [1.54, 1.807) is 38.5 Å². The molecule has 0 unspecified atom stereocenters. The topological polar surface area (TPSA) is 55.8 Å². The molecule has 0 atom stereocenters. The molecular weight excluding hydrogens is 292 g/mol. The average Bonchev–Trinajstić information content (AvgIpc) is 2.51. The Labute approximate surface area is 136 Å². The summed E-state index contributed by atoms with van der Waals surface area (Å²) in [5.74, 6) is 0.985. The fraction of sp³-hybridized carbons (Fsp3) is 0.211. The van der Waals surface area contributed by atoms with Gasteiger partial charge in [0.2, 0.25) is 0 Å². The van der Waals surface area contributed by atoms with Crippen molar-refractivity contribution in [2.24, 2.45) is 0 Å². The van der Waals surface area contributed by atoms with E-state index in [9.17, 15) is 9.90 Å². The summed E-state index contributed by atoms with van der Waals surface area (Å²) >= 11 is 0. The zero-order valence-corrected chi connectivity index (χ0v) is 13.7. The normalized spacial score (nSPS) is 10.8. The summed E-state index contributed by atoms with van der Waals surface area (Å²) in [5, 5.41) is 10.00. The zero-order valence-electron chi connectivity index (χ0n) is 13.7. The Balaban J connectivity index is 2.29. The molecule has 0 amide bonds. The van der Waals surface area contributed by atoms with Gasteiger partial charge in [0.15, 0.2) is 17.3 Å². The predicted molar refractivity (Wildman–Crippen MR) is 90.5 cm³/mol. The number of phenols is 1. The number of carbonyl (C=O) groups excluding carboxylic acids is 1. The number of carbonyl (C=O) groups is 1. The first-order valence-corrected chi connectivity index (χ1v) is 7.21. The van der Waals surface area contributed by atoms with Crippen LogP contribution in [0.2, 0.25) is 0 Å². The highest BCUT2D eigenvalue weighted by atomic mass is 16.5. The molecule has 0 fully saturated rings. The van der Waals surface area contributed by atoms with Crippen LogP contribution in [0.15, 0.2) is 36.4 Å². The van der Waals surface area contributed by atoms with Crippen molar-refractivity contribution in [1.82, 2.24) is 0 Å². The molecule has 2 aromatic rings. The Kier molecular flexibility index (Phi) is 5.06. The van der Waals surface area contributed by atoms with Gasteiger partial charge in [-0.15, -0.1) is 0 Å². The van der Waals surface area contributed by atoms with Crippen LogP contribution in [-0.2, 0) is 0 Å². The number of hydrogen-bond donors (Lipinski definition) is 1. The third-order valence-corrected chi connectivity index (χ3v) is 3.54. The molecule has 0 bridgehead atoms. The highest BCUT2D eigenvalue weighted by molar-refractivity contribution is 6.09. The van der Waals surface area contributed by atoms with Gasteiger partial charge in [0, 0.05) is 0 Å². The molecule has 2 rings (SSSR count). The monoisotopic (exact) mass is 312 g/mol. The van der Waals surface area contributed by atoms with Gasteiger partial charge in [-0.1, -0.05) is 18.2 Å². The number of ketones is 1. The van der Waals surface area contributed by atoms with Crippen LogP contribution in [0.25, 0.3) is 6.08 Å². The van der Waals surface area contributed by atoms with Gasteiger partial charge in [0.1, 0.15) is 5.75 Å². The number of methoxy groups -OCH3 is 2. The molecule has 0 aliphatic rings. The van der Waals surface area contributed by atoms with Gasteiger partial charge >= 0.3 is 0 Å². The molecule has 120 valence electrons. The number of allylic oxidation sites excluding steroid dienone is 1. The summed E-state index contributed by atoms with van der Waals surface area (Å²) in [5.41, 5.74) is 2.80. The maximum absolute atomic E-state index is 12.3. The lowest BCUT2D eigenvalue weighted by molar-refractivity contribution is 0.104. The molecule has 4 heteroatoms. The summed E-state index contributed by atoms with van der Waals surface area (Å²) < 4.78 is 10.4. The molecule has 0 saturated carbocycles. The van der Waals surface area contributed by atoms with E-state index in [-0.39, 0.29) is 11.5 Å². The molecule has 0 spiro atoms. The number of rotatable bonds is 5. The fourth-order valence-corrected chi connectivity index (χ4v) is 2.48. The predicted octanol–water partition coefficient (Wildman–Crippen LogP) is 3.92. The first kappa shape index (κ1) is 16.6. The van der Waals surface area contributed by atoms with Crippen LogP contribution in [0.5, 0.6) is 17.2 Å². The van der Waals surface area contributed by atoms with Crippen molar-refractivity contribution in [3.63, 3.8) is 0 Å². The largest absolute Gasteiger partial charge is 0.507 e. The molecule has 0 saturated heterocycles. The number of phenolic OH excluding ortho intramolecular Hbond substituents is 1. The first-order valence-electron chi connectivity index (χ1n) is 7.21. The van der Waals surface area contributed by atoms with E-state index >= 15 is 0 Å². The zero-order chi connectivity index (χ0) is 17.0. The standard InChI is InChI=1S/C19H20O4/c1-12-9-13(2)19(16(21)10-12)15(20)7-5-14-6-8-17(22-3)18(11-14)23-4/h5-11,21H,1-4H3. The minimum Gasteiger partial charge on any atom is -0.507 e. The van der Waals surface area contributed by atoms with Crippen molar-refractivity contribution in [2.45, 2.75) is 13.8 Å². The number of ether oxygens (including phenoxy) is 2. The van der Waals surface area contributed by atoms with Crippen LogP contribution in [0.4, 0.5) is 0 Å². The van der Waals surface area contributed by atoms with Gasteiger partial charge in [-0.25, -0.2) is 0 Å². The van der Waals surface area contributed by atoms with Gasteiger partial charge in [-0.05, 0) is 54.8 Å². The summed E-state index contributed by atoms with van der Waals surface area (Å²) in [6.07, 6.45) is 3.13. The lowest BCUT2D eigenvalue weighted by atomic mass is 10.00. The Hall–Kier alpha value is -2.75. The highest BCUT2D eigenvalue weighted by Gasteiger charge is 2.12. The van der Waals surface area contributed by atoms with E-state index in [1.165, 1.54) is 6.08 Å². The van der Waals surface area contributed by atoms with Gasteiger partial charge < -0.3 is 14.6 Å². The number of aryl methyl sites for hydroxylation is 2. The second-order valence-electron chi connectivity index (χ2n) is 5.29. The maximum atomic E-state index is 12.3. The van der Waals surface area contributed by atoms with Gasteiger partial charge in [-0.2, -0.15) is 0 Å². The van der Waals surface area contributed by atoms with Crippen molar-refractivity contribution in [3.05, 3.63) is 58.7 Å². The Morgan fingerprint density at radius 3 is 2.35 bits per heavy atom. The van der Waals surface area contributed by atoms with Crippen molar-refractivity contribution >= 4 is 11.9 Å². The summed E-state index contributed by atoms with van der Waals surface area (Å²) in [6, 6.07) is 8.84. The van der Waals surface area contributed by atoms with E-state index in [1.807, 2.05) is 26.0 Å². The maximum Gasteiger partial charge on any atom is 0.189 e. The average molecular weight is 312 g/mol. The van der Waals surface area contributed by atoms with Crippen LogP contribution in [0.3, 0.4) is 0 Å². The molecule has 0 radical (unpaired) electrons. The second kappa shape index (κ2) is 7.01. The van der Waals surface area contributed by atoms with E-state index in [4.69, 9.17) is 9.47 Å². The fourth-order valence-electron chi connectivity index (χ4n) is 2.48. The molecule has 0 aliphatic carbocycles. The van der Waals surface area contributed by atoms with E-state index in [2.05, 4.69) is 0 Å². The second-order valence-corrected chi connectivity index (χ2v) is 5.29. The quantitative estimate of drug-likeness (QED) is 0.671. The Morgan fingerprint density at radius 1 is 1.04 bits per heavy atom. The van der Waals surface area contributed by atoms with Gasteiger partial charge in [0.25, 0.3) is 0 Å². The molecule has 4 nitrogen and oxygen atoms in total. The van der Waals surface area contributed by atoms with Crippen LogP contribution < -0.4 is 9.47 Å². The molecular formula is C19H20O4. The molecule has 0 aromatic heterocycles. The van der Waals surface area contributed by atoms with E-state index < -0.39 is 0 Å². The number of hydrogen-bond acceptors (Lipinski definition) is 4. The van der Waals surface area contributed by atoms with Gasteiger partial charge in [-0.3, -0.25) is 4.79 Å². The molecule has 23 heavy (non-hydrogen) atoms. The van der Waals surface area contributed by atoms with E-state index in [0.29, 0.717) is 17.1 Å². The third kappa shape index (κ3) is 3.72. The Morgan fingerprint density at radius 2 is 1.74 bits per heavy atom. The van der Waals surface area contributed by atoms with Crippen molar-refractivity contribution < 1.29 is 19.4 Å². The van der Waals surface area contributed by atoms with Gasteiger partial charge in [0.05, 0.1) is 19.8 Å². The smallest absolute Gasteiger partial charge is 0.189 e. The highest BCUT2D eigenvalue weighted by Crippen LogP contribution is 2.28. The van der Waals surface area contributed by atoms with Crippen molar-refractivity contribution in [3.8, 4) is 17.2 Å². The summed E-state index contributed by atoms with van der Waals surface area (Å²) in [6.45, 7) is 3.69. The summed E-state index contributed by atoms with van der Waals surface area (Å²) in [4.78, 5) is 12.3.